The Morgan fingerprint density at radius 2 is 1.48 bits per heavy atom. The number of amides is 1. The maximum absolute atomic E-state index is 13.1. The molecule has 3 aromatic carbocycles. The Morgan fingerprint density at radius 3 is 2.09 bits per heavy atom. The van der Waals surface area contributed by atoms with Gasteiger partial charge in [-0.15, -0.1) is 0 Å². The highest BCUT2D eigenvalue weighted by molar-refractivity contribution is 6.46. The van der Waals surface area contributed by atoms with Crippen LogP contribution in [0.25, 0.3) is 5.76 Å². The van der Waals surface area contributed by atoms with Gasteiger partial charge in [-0.3, -0.25) is 9.59 Å². The Balaban J connectivity index is 1.73. The first-order valence-corrected chi connectivity index (χ1v) is 10.7. The molecule has 0 spiro atoms. The zero-order chi connectivity index (χ0) is 23.4. The third-order valence-electron chi connectivity index (χ3n) is 5.52. The lowest BCUT2D eigenvalue weighted by atomic mass is 9.95. The van der Waals surface area contributed by atoms with Gasteiger partial charge in [0, 0.05) is 12.1 Å². The average Bonchev–Trinajstić information content (AvgIpc) is 3.10. The lowest BCUT2D eigenvalue weighted by molar-refractivity contribution is -0.140. The van der Waals surface area contributed by atoms with Gasteiger partial charge in [0.1, 0.15) is 5.76 Å². The molecule has 6 nitrogen and oxygen atoms in total. The Morgan fingerprint density at radius 1 is 0.879 bits per heavy atom. The summed E-state index contributed by atoms with van der Waals surface area (Å²) in [6, 6.07) is 23.8. The third-order valence-corrected chi connectivity index (χ3v) is 5.52. The first-order valence-electron chi connectivity index (χ1n) is 10.7. The number of nitrogens with zero attached hydrogens (tertiary/aromatic N) is 1. The van der Waals surface area contributed by atoms with Crippen molar-refractivity contribution in [1.82, 2.24) is 4.90 Å². The van der Waals surface area contributed by atoms with Crippen LogP contribution >= 0.6 is 0 Å². The molecule has 6 heteroatoms. The zero-order valence-electron chi connectivity index (χ0n) is 18.1. The molecular weight excluding hydrogens is 418 g/mol. The Labute approximate surface area is 191 Å². The summed E-state index contributed by atoms with van der Waals surface area (Å²) in [5, 5.41) is 11.0. The highest BCUT2D eigenvalue weighted by Gasteiger charge is 2.45. The number of Topliss-reactive ketones (excluding diaryl/α,β-unsaturated/α-hetero) is 1. The van der Waals surface area contributed by atoms with E-state index in [0.717, 1.165) is 11.1 Å². The first-order chi connectivity index (χ1) is 16.0. The Kier molecular flexibility index (Phi) is 6.36. The van der Waals surface area contributed by atoms with Gasteiger partial charge in [-0.05, 0) is 30.2 Å². The minimum atomic E-state index is -0.740. The van der Waals surface area contributed by atoms with Crippen molar-refractivity contribution in [1.29, 1.82) is 0 Å². The second kappa shape index (κ2) is 9.53. The summed E-state index contributed by atoms with van der Waals surface area (Å²) in [5.41, 5.74) is 2.39. The fourth-order valence-corrected chi connectivity index (χ4v) is 3.93. The quantitative estimate of drug-likeness (QED) is 0.264. The number of esters is 1. The van der Waals surface area contributed by atoms with E-state index >= 15 is 0 Å². The molecule has 0 bridgehead atoms. The smallest absolute Gasteiger partial charge is 0.338 e. The molecule has 1 aliphatic heterocycles. The van der Waals surface area contributed by atoms with Gasteiger partial charge in [-0.2, -0.15) is 0 Å². The molecular formula is C27H23NO5. The van der Waals surface area contributed by atoms with Crippen LogP contribution < -0.4 is 0 Å². The van der Waals surface area contributed by atoms with E-state index in [4.69, 9.17) is 4.74 Å². The van der Waals surface area contributed by atoms with E-state index in [9.17, 15) is 19.5 Å². The molecule has 1 amide bonds. The predicted molar refractivity (Wildman–Crippen MR) is 123 cm³/mol. The van der Waals surface area contributed by atoms with E-state index in [-0.39, 0.29) is 24.5 Å². The SMILES string of the molecule is CCOC(=O)c1ccc(CN2C(=O)C(=O)/C(=C(/O)c3ccccc3)C2c2ccccc2)cc1. The predicted octanol–water partition coefficient (Wildman–Crippen LogP) is 4.49. The van der Waals surface area contributed by atoms with Crippen LogP contribution in [0.5, 0.6) is 0 Å². The number of carbonyl (C=O) groups excluding carboxylic acids is 3. The molecule has 3 aromatic rings. The van der Waals surface area contributed by atoms with Crippen molar-refractivity contribution in [3.63, 3.8) is 0 Å². The van der Waals surface area contributed by atoms with E-state index in [1.807, 2.05) is 36.4 Å². The summed E-state index contributed by atoms with van der Waals surface area (Å²) in [6.07, 6.45) is 0. The van der Waals surface area contributed by atoms with Crippen molar-refractivity contribution < 1.29 is 24.2 Å². The van der Waals surface area contributed by atoms with Crippen LogP contribution in [0.15, 0.2) is 90.5 Å². The van der Waals surface area contributed by atoms with Gasteiger partial charge in [0.15, 0.2) is 0 Å². The molecule has 1 aliphatic rings. The summed E-state index contributed by atoms with van der Waals surface area (Å²) in [4.78, 5) is 39.5. The molecule has 4 rings (SSSR count). The number of ketones is 1. The van der Waals surface area contributed by atoms with E-state index in [0.29, 0.717) is 11.1 Å². The zero-order valence-corrected chi connectivity index (χ0v) is 18.1. The van der Waals surface area contributed by atoms with Gasteiger partial charge in [0.25, 0.3) is 11.7 Å². The first kappa shape index (κ1) is 22.0. The fourth-order valence-electron chi connectivity index (χ4n) is 3.93. The van der Waals surface area contributed by atoms with Crippen LogP contribution in [0.2, 0.25) is 0 Å². The summed E-state index contributed by atoms with van der Waals surface area (Å²) in [6.45, 7) is 2.16. The van der Waals surface area contributed by atoms with Gasteiger partial charge in [-0.1, -0.05) is 72.8 Å². The number of benzene rings is 3. The molecule has 1 fully saturated rings. The Bertz CT molecular complexity index is 1200. The normalized spacial score (nSPS) is 17.2. The molecule has 1 heterocycles. The molecule has 0 saturated carbocycles. The van der Waals surface area contributed by atoms with E-state index in [1.54, 1.807) is 55.5 Å². The number of aliphatic hydroxyl groups is 1. The monoisotopic (exact) mass is 441 g/mol. The summed E-state index contributed by atoms with van der Waals surface area (Å²) < 4.78 is 5.01. The molecule has 33 heavy (non-hydrogen) atoms. The molecule has 166 valence electrons. The maximum Gasteiger partial charge on any atom is 0.338 e. The van der Waals surface area contributed by atoms with Gasteiger partial charge in [-0.25, -0.2) is 4.79 Å². The van der Waals surface area contributed by atoms with Crippen LogP contribution in [0.1, 0.15) is 40.0 Å². The van der Waals surface area contributed by atoms with Crippen molar-refractivity contribution in [2.24, 2.45) is 0 Å². The van der Waals surface area contributed by atoms with Crippen LogP contribution in [0.4, 0.5) is 0 Å². The van der Waals surface area contributed by atoms with Crippen molar-refractivity contribution in [2.75, 3.05) is 6.61 Å². The number of carbonyl (C=O) groups is 3. The van der Waals surface area contributed by atoms with Crippen molar-refractivity contribution >= 4 is 23.4 Å². The second-order valence-electron chi connectivity index (χ2n) is 7.62. The van der Waals surface area contributed by atoms with Crippen LogP contribution in [0.3, 0.4) is 0 Å². The summed E-state index contributed by atoms with van der Waals surface area (Å²) in [7, 11) is 0. The number of aliphatic hydroxyl groups excluding tert-OH is 1. The topological polar surface area (TPSA) is 83.9 Å². The molecule has 0 radical (unpaired) electrons. The highest BCUT2D eigenvalue weighted by atomic mass is 16.5. The van der Waals surface area contributed by atoms with Crippen LogP contribution in [-0.2, 0) is 20.9 Å². The summed E-state index contributed by atoms with van der Waals surface area (Å²) >= 11 is 0. The maximum atomic E-state index is 13.1. The van der Waals surface area contributed by atoms with Gasteiger partial charge in [0.05, 0.1) is 23.8 Å². The largest absolute Gasteiger partial charge is 0.507 e. The minimum Gasteiger partial charge on any atom is -0.507 e. The van der Waals surface area contributed by atoms with E-state index in [1.165, 1.54) is 4.90 Å². The lowest BCUT2D eigenvalue weighted by Crippen LogP contribution is -2.29. The van der Waals surface area contributed by atoms with Gasteiger partial charge >= 0.3 is 5.97 Å². The summed E-state index contributed by atoms with van der Waals surface area (Å²) in [5.74, 6) is -2.04. The molecule has 1 saturated heterocycles. The highest BCUT2D eigenvalue weighted by Crippen LogP contribution is 2.40. The van der Waals surface area contributed by atoms with Crippen molar-refractivity contribution in [3.8, 4) is 0 Å². The molecule has 0 aromatic heterocycles. The second-order valence-corrected chi connectivity index (χ2v) is 7.62. The van der Waals surface area contributed by atoms with E-state index < -0.39 is 23.7 Å². The Hall–Kier alpha value is -4.19. The molecule has 1 unspecified atom stereocenters. The number of hydrogen-bond acceptors (Lipinski definition) is 5. The van der Waals surface area contributed by atoms with Gasteiger partial charge < -0.3 is 14.7 Å². The number of rotatable bonds is 6. The van der Waals surface area contributed by atoms with Crippen molar-refractivity contribution in [3.05, 3.63) is 113 Å². The fraction of sp³-hybridized carbons (Fsp3) is 0.148. The standard InChI is InChI=1S/C27H23NO5/c1-2-33-27(32)21-15-13-18(14-16-21)17-28-23(19-9-5-3-6-10-19)22(25(30)26(28)31)24(29)20-11-7-4-8-12-20/h3-16,23,29H,2,17H2,1H3/b24-22+. The molecule has 1 N–H and O–H groups in total. The molecule has 1 atom stereocenters. The number of likely N-dealkylation sites (tertiary alicyclic amines) is 1. The van der Waals surface area contributed by atoms with Crippen LogP contribution in [-0.4, -0.2) is 34.3 Å². The van der Waals surface area contributed by atoms with Crippen LogP contribution in [0, 0.1) is 0 Å². The molecule has 0 aliphatic carbocycles. The minimum absolute atomic E-state index is 0.0561. The van der Waals surface area contributed by atoms with E-state index in [2.05, 4.69) is 0 Å². The average molecular weight is 441 g/mol. The number of ether oxygens (including phenoxy) is 1. The van der Waals surface area contributed by atoms with Crippen molar-refractivity contribution in [2.45, 2.75) is 19.5 Å². The third kappa shape index (κ3) is 4.41. The number of hydrogen-bond donors (Lipinski definition) is 1. The van der Waals surface area contributed by atoms with Gasteiger partial charge in [0.2, 0.25) is 0 Å². The lowest BCUT2D eigenvalue weighted by Gasteiger charge is -2.25.